The molecule has 8 heteroatoms. The van der Waals surface area contributed by atoms with Crippen molar-refractivity contribution in [2.75, 3.05) is 0 Å². The zero-order valence-electron chi connectivity index (χ0n) is 11.8. The molecule has 2 rings (SSSR count). The molecule has 0 aliphatic heterocycles. The smallest absolute Gasteiger partial charge is 0.296 e. The maximum absolute atomic E-state index is 12.8. The highest BCUT2D eigenvalue weighted by Gasteiger charge is 2.36. The second-order valence-corrected chi connectivity index (χ2v) is 4.78. The summed E-state index contributed by atoms with van der Waals surface area (Å²) in [5.74, 6) is 0. The Balaban J connectivity index is 2.45. The average Bonchev–Trinajstić information content (AvgIpc) is 2.51. The molecular formula is C16H9F6NO. The number of carbonyl (C=O) groups is 1. The van der Waals surface area contributed by atoms with Gasteiger partial charge in [0.1, 0.15) is 5.69 Å². The van der Waals surface area contributed by atoms with E-state index in [0.717, 1.165) is 6.08 Å². The lowest BCUT2D eigenvalue weighted by Gasteiger charge is -2.12. The minimum Gasteiger partial charge on any atom is -0.296 e. The van der Waals surface area contributed by atoms with Gasteiger partial charge in [0.15, 0.2) is 6.29 Å². The predicted octanol–water partition coefficient (Wildman–Crippen LogP) is 5.10. The number of rotatable bonds is 3. The first-order valence-corrected chi connectivity index (χ1v) is 6.49. The van der Waals surface area contributed by atoms with Crippen LogP contribution in [0.25, 0.3) is 12.2 Å². The maximum Gasteiger partial charge on any atom is 0.416 e. The van der Waals surface area contributed by atoms with E-state index in [2.05, 4.69) is 4.98 Å². The Morgan fingerprint density at radius 1 is 0.792 bits per heavy atom. The quantitative estimate of drug-likeness (QED) is 0.572. The van der Waals surface area contributed by atoms with Gasteiger partial charge in [-0.15, -0.1) is 0 Å². The number of hydrogen-bond donors (Lipinski definition) is 0. The third kappa shape index (κ3) is 4.43. The summed E-state index contributed by atoms with van der Waals surface area (Å²) in [4.78, 5) is 14.5. The molecule has 0 spiro atoms. The number of benzene rings is 1. The second-order valence-electron chi connectivity index (χ2n) is 4.78. The van der Waals surface area contributed by atoms with Crippen molar-refractivity contribution in [2.45, 2.75) is 12.4 Å². The number of alkyl halides is 6. The van der Waals surface area contributed by atoms with Crippen molar-refractivity contribution in [2.24, 2.45) is 0 Å². The summed E-state index contributed by atoms with van der Waals surface area (Å²) < 4.78 is 76.5. The molecule has 2 nitrogen and oxygen atoms in total. The van der Waals surface area contributed by atoms with Gasteiger partial charge in [-0.05, 0) is 42.0 Å². The number of carbonyl (C=O) groups excluding carboxylic acids is 1. The molecule has 1 heterocycles. The summed E-state index contributed by atoms with van der Waals surface area (Å²) in [6.07, 6.45) is -7.04. The first-order valence-electron chi connectivity index (χ1n) is 6.49. The summed E-state index contributed by atoms with van der Waals surface area (Å²) in [6, 6.07) is 5.63. The number of hydrogen-bond acceptors (Lipinski definition) is 2. The van der Waals surface area contributed by atoms with Crippen LogP contribution in [-0.2, 0) is 12.4 Å². The Bertz CT molecular complexity index is 745. The predicted molar refractivity (Wildman–Crippen MR) is 75.0 cm³/mol. The molecule has 1 aromatic heterocycles. The van der Waals surface area contributed by atoms with Gasteiger partial charge in [0.2, 0.25) is 0 Å². The Morgan fingerprint density at radius 3 is 1.83 bits per heavy atom. The topological polar surface area (TPSA) is 30.0 Å². The molecular weight excluding hydrogens is 336 g/mol. The Kier molecular flexibility index (Phi) is 4.77. The first-order chi connectivity index (χ1) is 11.1. The van der Waals surface area contributed by atoms with Crippen molar-refractivity contribution in [1.29, 1.82) is 0 Å². The van der Waals surface area contributed by atoms with Gasteiger partial charge in [0.05, 0.1) is 16.8 Å². The molecule has 0 bridgehead atoms. The van der Waals surface area contributed by atoms with Crippen molar-refractivity contribution < 1.29 is 31.1 Å². The third-order valence-corrected chi connectivity index (χ3v) is 2.97. The fraction of sp³-hybridized carbons (Fsp3) is 0.125. The van der Waals surface area contributed by atoms with Gasteiger partial charge < -0.3 is 0 Å². The molecule has 0 saturated carbocycles. The van der Waals surface area contributed by atoms with E-state index in [4.69, 9.17) is 0 Å². The number of aromatic nitrogens is 1. The molecule has 0 atom stereocenters. The average molecular weight is 345 g/mol. The number of pyridine rings is 1. The van der Waals surface area contributed by atoms with Crippen LogP contribution >= 0.6 is 0 Å². The summed E-state index contributed by atoms with van der Waals surface area (Å²) in [6.45, 7) is 0. The van der Waals surface area contributed by atoms with Crippen LogP contribution in [-0.4, -0.2) is 11.3 Å². The lowest BCUT2D eigenvalue weighted by Crippen LogP contribution is -2.11. The first kappa shape index (κ1) is 17.7. The van der Waals surface area contributed by atoms with Gasteiger partial charge in [0.25, 0.3) is 0 Å². The van der Waals surface area contributed by atoms with Crippen molar-refractivity contribution in [3.8, 4) is 0 Å². The van der Waals surface area contributed by atoms with Gasteiger partial charge >= 0.3 is 12.4 Å². The fourth-order valence-electron chi connectivity index (χ4n) is 1.88. The molecule has 126 valence electrons. The molecule has 0 fully saturated rings. The molecule has 0 saturated heterocycles. The molecule has 0 radical (unpaired) electrons. The van der Waals surface area contributed by atoms with Crippen LogP contribution in [0.15, 0.2) is 36.4 Å². The Hall–Kier alpha value is -2.64. The van der Waals surface area contributed by atoms with Gasteiger partial charge in [-0.1, -0.05) is 12.1 Å². The molecule has 0 amide bonds. The SMILES string of the molecule is O=Cc1cccc(/C=C/c2cc(C(F)(F)F)cc(C(F)(F)F)c2)n1. The van der Waals surface area contributed by atoms with E-state index in [-0.39, 0.29) is 23.0 Å². The maximum atomic E-state index is 12.8. The molecule has 0 aliphatic carbocycles. The molecule has 2 aromatic rings. The lowest BCUT2D eigenvalue weighted by atomic mass is 10.0. The third-order valence-electron chi connectivity index (χ3n) is 2.97. The highest BCUT2D eigenvalue weighted by Crippen LogP contribution is 2.36. The van der Waals surface area contributed by atoms with Crippen LogP contribution in [0, 0.1) is 0 Å². The number of nitrogens with zero attached hydrogens (tertiary/aromatic N) is 1. The van der Waals surface area contributed by atoms with E-state index in [1.807, 2.05) is 0 Å². The van der Waals surface area contributed by atoms with Crippen molar-refractivity contribution in [3.05, 3.63) is 64.5 Å². The van der Waals surface area contributed by atoms with Crippen LogP contribution in [0.3, 0.4) is 0 Å². The monoisotopic (exact) mass is 345 g/mol. The minimum absolute atomic E-state index is 0.0581. The Labute approximate surface area is 132 Å². The highest BCUT2D eigenvalue weighted by atomic mass is 19.4. The molecule has 0 N–H and O–H groups in total. The minimum atomic E-state index is -4.90. The molecule has 1 aromatic carbocycles. The van der Waals surface area contributed by atoms with E-state index in [1.165, 1.54) is 24.3 Å². The zero-order valence-corrected chi connectivity index (χ0v) is 11.8. The standard InChI is InChI=1S/C16H9F6NO/c17-15(18,19)11-6-10(7-12(8-11)16(20,21)22)4-5-13-2-1-3-14(9-24)23-13/h1-9H/b5-4+. The van der Waals surface area contributed by atoms with Crippen molar-refractivity contribution in [3.63, 3.8) is 0 Å². The largest absolute Gasteiger partial charge is 0.416 e. The van der Waals surface area contributed by atoms with Gasteiger partial charge in [-0.25, -0.2) is 4.98 Å². The zero-order chi connectivity index (χ0) is 18.0. The highest BCUT2D eigenvalue weighted by molar-refractivity contribution is 5.74. The summed E-state index contributed by atoms with van der Waals surface area (Å²) in [7, 11) is 0. The Morgan fingerprint density at radius 2 is 1.33 bits per heavy atom. The molecule has 0 aliphatic rings. The van der Waals surface area contributed by atoms with Crippen LogP contribution < -0.4 is 0 Å². The van der Waals surface area contributed by atoms with E-state index in [9.17, 15) is 31.1 Å². The van der Waals surface area contributed by atoms with Gasteiger partial charge in [0, 0.05) is 0 Å². The van der Waals surface area contributed by atoms with E-state index >= 15 is 0 Å². The van der Waals surface area contributed by atoms with Gasteiger partial charge in [-0.3, -0.25) is 4.79 Å². The normalized spacial score (nSPS) is 12.6. The summed E-state index contributed by atoms with van der Waals surface area (Å²) in [5.41, 5.74) is -2.75. The van der Waals surface area contributed by atoms with E-state index < -0.39 is 23.5 Å². The second kappa shape index (κ2) is 6.46. The fourth-order valence-corrected chi connectivity index (χ4v) is 1.88. The molecule has 24 heavy (non-hydrogen) atoms. The number of aldehydes is 1. The van der Waals surface area contributed by atoms with Crippen LogP contribution in [0.2, 0.25) is 0 Å². The number of halogens is 6. The van der Waals surface area contributed by atoms with Crippen LogP contribution in [0.1, 0.15) is 32.9 Å². The lowest BCUT2D eigenvalue weighted by molar-refractivity contribution is -0.143. The van der Waals surface area contributed by atoms with E-state index in [1.54, 1.807) is 0 Å². The van der Waals surface area contributed by atoms with Crippen molar-refractivity contribution >= 4 is 18.4 Å². The van der Waals surface area contributed by atoms with E-state index in [0.29, 0.717) is 18.4 Å². The summed E-state index contributed by atoms with van der Waals surface area (Å²) in [5, 5.41) is 0. The van der Waals surface area contributed by atoms with Crippen LogP contribution in [0.4, 0.5) is 26.3 Å². The van der Waals surface area contributed by atoms with Crippen molar-refractivity contribution in [1.82, 2.24) is 4.98 Å². The summed E-state index contributed by atoms with van der Waals surface area (Å²) >= 11 is 0. The van der Waals surface area contributed by atoms with Crippen LogP contribution in [0.5, 0.6) is 0 Å². The van der Waals surface area contributed by atoms with Gasteiger partial charge in [-0.2, -0.15) is 26.3 Å². The molecule has 0 unspecified atom stereocenters.